The summed E-state index contributed by atoms with van der Waals surface area (Å²) in [6, 6.07) is 28.4. The van der Waals surface area contributed by atoms with E-state index in [2.05, 4.69) is 98.4 Å². The molecule has 0 saturated heterocycles. The van der Waals surface area contributed by atoms with Gasteiger partial charge in [-0.2, -0.15) is 0 Å². The van der Waals surface area contributed by atoms with Crippen molar-refractivity contribution in [1.29, 1.82) is 0 Å². The van der Waals surface area contributed by atoms with Crippen LogP contribution in [-0.2, 0) is 19.1 Å². The maximum Gasteiger partial charge on any atom is 0.451 e. The number of carbonyl (C=O) groups excluding carboxylic acids is 1. The highest BCUT2D eigenvalue weighted by atomic mass is 32.2. The lowest BCUT2D eigenvalue weighted by Gasteiger charge is -2.43. The van der Waals surface area contributed by atoms with E-state index in [1.807, 2.05) is 12.1 Å². The first-order valence-corrected chi connectivity index (χ1v) is 17.6. The van der Waals surface area contributed by atoms with Gasteiger partial charge in [-0.3, -0.25) is 4.79 Å². The molecule has 0 unspecified atom stereocenters. The maximum atomic E-state index is 13.2. The van der Waals surface area contributed by atoms with Gasteiger partial charge < -0.3 is 9.96 Å². The Bertz CT molecular complexity index is 1540. The van der Waals surface area contributed by atoms with Gasteiger partial charge in [-0.25, -0.2) is 8.42 Å². The number of rotatable bonds is 11. The van der Waals surface area contributed by atoms with Crippen LogP contribution in [0.25, 0.3) is 5.53 Å². The molecule has 0 spiro atoms. The second kappa shape index (κ2) is 13.1. The summed E-state index contributed by atoms with van der Waals surface area (Å²) >= 11 is 0. The van der Waals surface area contributed by atoms with Crippen molar-refractivity contribution in [2.75, 3.05) is 6.61 Å². The molecule has 0 heterocycles. The summed E-state index contributed by atoms with van der Waals surface area (Å²) in [7, 11) is -6.99. The van der Waals surface area contributed by atoms with Crippen molar-refractivity contribution in [3.05, 3.63) is 121 Å². The molecule has 218 valence electrons. The summed E-state index contributed by atoms with van der Waals surface area (Å²) in [5.41, 5.74) is 9.06. The fraction of sp³-hybridized carbons (Fsp3) is 0.294. The zero-order valence-corrected chi connectivity index (χ0v) is 26.3. The highest BCUT2D eigenvalue weighted by Crippen LogP contribution is 2.39. The molecule has 0 aromatic heterocycles. The Morgan fingerprint density at radius 3 is 1.83 bits per heavy atom. The molecule has 1 aliphatic carbocycles. The van der Waals surface area contributed by atoms with Gasteiger partial charge in [0.2, 0.25) is 0 Å². The van der Waals surface area contributed by atoms with Crippen molar-refractivity contribution < 1.29 is 22.4 Å². The Morgan fingerprint density at radius 2 is 1.36 bits per heavy atom. The number of nitrogens with zero attached hydrogens (tertiary/aromatic N) is 2. The second-order valence-corrected chi connectivity index (χ2v) is 17.9. The van der Waals surface area contributed by atoms with Gasteiger partial charge in [0.05, 0.1) is 4.90 Å². The summed E-state index contributed by atoms with van der Waals surface area (Å²) < 4.78 is 33.2. The van der Waals surface area contributed by atoms with E-state index in [0.717, 1.165) is 6.42 Å². The van der Waals surface area contributed by atoms with Gasteiger partial charge in [0.25, 0.3) is 23.9 Å². The highest BCUT2D eigenvalue weighted by Gasteiger charge is 2.50. The van der Waals surface area contributed by atoms with Crippen molar-refractivity contribution in [1.82, 2.24) is 0 Å². The molecule has 1 aliphatic rings. The monoisotopic (exact) mass is 598 g/mol. The summed E-state index contributed by atoms with van der Waals surface area (Å²) in [4.78, 5) is 16.0. The number of carbonyl (C=O) groups is 1. The van der Waals surface area contributed by atoms with Crippen molar-refractivity contribution in [2.45, 2.75) is 56.4 Å². The average Bonchev–Trinajstić information content (AvgIpc) is 3.00. The van der Waals surface area contributed by atoms with Gasteiger partial charge in [0.15, 0.2) is 0 Å². The molecule has 0 radical (unpaired) electrons. The molecule has 0 saturated carbocycles. The summed E-state index contributed by atoms with van der Waals surface area (Å²) in [6.07, 6.45) is 9.97. The number of hydrogen-bond donors (Lipinski definition) is 0. The Morgan fingerprint density at radius 1 is 0.857 bits per heavy atom. The molecule has 0 N–H and O–H groups in total. The highest BCUT2D eigenvalue weighted by molar-refractivity contribution is 8.08. The van der Waals surface area contributed by atoms with Crippen LogP contribution in [0, 0.1) is 5.41 Å². The fourth-order valence-corrected chi connectivity index (χ4v) is 11.6. The van der Waals surface area contributed by atoms with Gasteiger partial charge in [-0.1, -0.05) is 124 Å². The zero-order valence-electron chi connectivity index (χ0n) is 24.4. The van der Waals surface area contributed by atoms with Crippen molar-refractivity contribution in [3.63, 3.8) is 0 Å². The molecular formula is C34H38N2O4SSi. The van der Waals surface area contributed by atoms with Crippen LogP contribution in [-0.4, -0.2) is 39.0 Å². The van der Waals surface area contributed by atoms with Crippen LogP contribution in [0.4, 0.5) is 0 Å². The minimum atomic E-state index is -4.24. The van der Waals surface area contributed by atoms with Crippen LogP contribution < -0.4 is 10.4 Å². The number of hydrogen-bond acceptors (Lipinski definition) is 4. The normalized spacial score (nSPS) is 14.7. The molecule has 0 aliphatic heterocycles. The number of benzene rings is 3. The number of allylic oxidation sites excluding steroid dienone is 4. The smallest absolute Gasteiger partial charge is 0.407 e. The van der Waals surface area contributed by atoms with E-state index in [1.54, 1.807) is 18.2 Å². The van der Waals surface area contributed by atoms with Gasteiger partial charge in [0.1, 0.15) is 0 Å². The van der Waals surface area contributed by atoms with E-state index in [0.29, 0.717) is 19.4 Å². The zero-order chi connectivity index (χ0) is 30.3. The molecular weight excluding hydrogens is 561 g/mol. The number of Topliss-reactive ketones (excluding diaryl/α,β-unsaturated/α-hetero) is 1. The van der Waals surface area contributed by atoms with Crippen molar-refractivity contribution in [3.8, 4) is 0 Å². The van der Waals surface area contributed by atoms with Crippen LogP contribution in [0.5, 0.6) is 0 Å². The quantitative estimate of drug-likeness (QED) is 0.0685. The number of sulfone groups is 1. The molecule has 4 rings (SSSR count). The van der Waals surface area contributed by atoms with E-state index in [-0.39, 0.29) is 16.4 Å². The number of ketones is 1. The van der Waals surface area contributed by atoms with Crippen LogP contribution in [0.3, 0.4) is 0 Å². The van der Waals surface area contributed by atoms with E-state index >= 15 is 0 Å². The molecule has 42 heavy (non-hydrogen) atoms. The first kappa shape index (κ1) is 31.3. The van der Waals surface area contributed by atoms with E-state index in [1.165, 1.54) is 22.5 Å². The lowest BCUT2D eigenvalue weighted by molar-refractivity contribution is -0.116. The SMILES string of the molecule is CC(C)(C)[Si](OCCC1(CCC(=O)C(=[N+]=[N-])S(=O)(=O)c2ccccc2)C=CCC=C1)(c1ccccc1)c1ccccc1. The summed E-state index contributed by atoms with van der Waals surface area (Å²) in [5, 5.41) is 1.38. The Kier molecular flexibility index (Phi) is 9.74. The van der Waals surface area contributed by atoms with Gasteiger partial charge in [-0.05, 0) is 46.8 Å². The molecule has 6 nitrogen and oxygen atoms in total. The second-order valence-electron chi connectivity index (χ2n) is 11.7. The Labute approximate surface area is 250 Å². The van der Waals surface area contributed by atoms with Gasteiger partial charge >= 0.3 is 5.04 Å². The lowest BCUT2D eigenvalue weighted by Crippen LogP contribution is -2.66. The van der Waals surface area contributed by atoms with E-state index < -0.39 is 34.4 Å². The van der Waals surface area contributed by atoms with Crippen LogP contribution >= 0.6 is 0 Å². The summed E-state index contributed by atoms with van der Waals surface area (Å²) in [5.74, 6) is -0.721. The lowest BCUT2D eigenvalue weighted by atomic mass is 9.77. The minimum Gasteiger partial charge on any atom is -0.407 e. The third-order valence-electron chi connectivity index (χ3n) is 7.93. The maximum absolute atomic E-state index is 13.2. The third kappa shape index (κ3) is 6.53. The first-order valence-electron chi connectivity index (χ1n) is 14.2. The molecule has 3 aromatic carbocycles. The molecule has 8 heteroatoms. The molecule has 0 fully saturated rings. The molecule has 0 amide bonds. The van der Waals surface area contributed by atoms with Crippen LogP contribution in [0.1, 0.15) is 46.5 Å². The van der Waals surface area contributed by atoms with Gasteiger partial charge in [-0.15, -0.1) is 4.79 Å². The van der Waals surface area contributed by atoms with E-state index in [4.69, 9.17) is 4.43 Å². The molecule has 0 bridgehead atoms. The first-order chi connectivity index (χ1) is 20.1. The Hall–Kier alpha value is -3.68. The predicted octanol–water partition coefficient (Wildman–Crippen LogP) is 5.91. The summed E-state index contributed by atoms with van der Waals surface area (Å²) in [6.45, 7) is 7.14. The Balaban J connectivity index is 1.58. The largest absolute Gasteiger partial charge is 0.451 e. The minimum absolute atomic E-state index is 0.0861. The third-order valence-corrected chi connectivity index (χ3v) is 14.7. The molecule has 0 atom stereocenters. The fourth-order valence-electron chi connectivity index (χ4n) is 5.78. The average molecular weight is 599 g/mol. The van der Waals surface area contributed by atoms with E-state index in [9.17, 15) is 18.7 Å². The molecule has 3 aromatic rings. The van der Waals surface area contributed by atoms with Crippen LogP contribution in [0.15, 0.2) is 120 Å². The van der Waals surface area contributed by atoms with Crippen LogP contribution in [0.2, 0.25) is 5.04 Å². The standard InChI is InChI=1S/C34H38N2O4SSi/c1-33(2,3)42(29-18-10-5-11-19-29,30-20-12-6-13-21-30)40-27-26-34(23-14-7-15-24-34)25-22-31(37)32(36-35)41(38,39)28-16-8-4-9-17-28/h4-6,8-21,23-24H,7,22,25-27H2,1-3H3. The predicted molar refractivity (Wildman–Crippen MR) is 170 cm³/mol. The van der Waals surface area contributed by atoms with Crippen molar-refractivity contribution >= 4 is 39.4 Å². The van der Waals surface area contributed by atoms with Gasteiger partial charge in [0, 0.05) is 18.4 Å². The topological polar surface area (TPSA) is 96.8 Å². The van der Waals surface area contributed by atoms with Crippen molar-refractivity contribution in [2.24, 2.45) is 5.41 Å².